The molecule has 0 bridgehead atoms. The largest absolute Gasteiger partial charge is 0.461 e. The summed E-state index contributed by atoms with van der Waals surface area (Å²) in [5.41, 5.74) is 0. The maximum Gasteiger partial charge on any atom is 0.335 e. The van der Waals surface area contributed by atoms with Crippen LogP contribution in [0.15, 0.2) is 0 Å². The zero-order chi connectivity index (χ0) is 15.2. The topological polar surface area (TPSA) is 48.0 Å². The molecule has 0 aromatic rings. The minimum Gasteiger partial charge on any atom is -0.461 e. The van der Waals surface area contributed by atoms with Crippen molar-refractivity contribution in [2.24, 2.45) is 11.8 Å². The molecule has 1 aliphatic heterocycles. The Labute approximate surface area is 127 Å². The van der Waals surface area contributed by atoms with Gasteiger partial charge in [-0.1, -0.05) is 13.8 Å². The summed E-state index contributed by atoms with van der Waals surface area (Å²) in [4.78, 5) is 14.2. The third-order valence-corrected chi connectivity index (χ3v) is 3.87. The van der Waals surface area contributed by atoms with Gasteiger partial charge in [0, 0.05) is 19.6 Å². The Morgan fingerprint density at radius 2 is 2.05 bits per heavy atom. The minimum atomic E-state index is -0.471. The summed E-state index contributed by atoms with van der Waals surface area (Å²) in [6.45, 7) is 10.8. The normalized spacial score (nSPS) is 25.0. The Morgan fingerprint density at radius 1 is 1.29 bits per heavy atom. The molecule has 2 rings (SSSR count). The number of hydrogen-bond donors (Lipinski definition) is 0. The molecule has 1 saturated heterocycles. The summed E-state index contributed by atoms with van der Waals surface area (Å²) in [6, 6.07) is 0. The first-order valence-electron chi connectivity index (χ1n) is 8.16. The van der Waals surface area contributed by atoms with E-state index in [-0.39, 0.29) is 12.1 Å². The second kappa shape index (κ2) is 8.11. The van der Waals surface area contributed by atoms with Gasteiger partial charge < -0.3 is 14.2 Å². The lowest BCUT2D eigenvalue weighted by Gasteiger charge is -2.33. The number of nitrogens with zero attached hydrogens (tertiary/aromatic N) is 1. The van der Waals surface area contributed by atoms with E-state index in [0.29, 0.717) is 31.7 Å². The zero-order valence-corrected chi connectivity index (χ0v) is 13.5. The van der Waals surface area contributed by atoms with Gasteiger partial charge in [-0.15, -0.1) is 0 Å². The van der Waals surface area contributed by atoms with Crippen molar-refractivity contribution in [2.75, 3.05) is 39.5 Å². The molecular formula is C16H29NO4. The molecule has 2 fully saturated rings. The first-order chi connectivity index (χ1) is 10.0. The van der Waals surface area contributed by atoms with Gasteiger partial charge in [0.15, 0.2) is 6.10 Å². The zero-order valence-electron chi connectivity index (χ0n) is 13.5. The lowest BCUT2D eigenvalue weighted by atomic mass is 10.2. The predicted molar refractivity (Wildman–Crippen MR) is 80.1 cm³/mol. The Kier molecular flexibility index (Phi) is 6.45. The van der Waals surface area contributed by atoms with Crippen LogP contribution in [0.5, 0.6) is 0 Å². The standard InChI is InChI=1S/C16H29NO4/c1-12(2)8-17-6-7-19-15(9-17)11-21-16(18)13(3)20-10-14-4-5-14/h12-15H,4-11H2,1-3H3. The van der Waals surface area contributed by atoms with E-state index in [9.17, 15) is 4.79 Å². The van der Waals surface area contributed by atoms with Crippen LogP contribution >= 0.6 is 0 Å². The highest BCUT2D eigenvalue weighted by Crippen LogP contribution is 2.29. The summed E-state index contributed by atoms with van der Waals surface area (Å²) < 4.78 is 16.5. The van der Waals surface area contributed by atoms with E-state index in [1.165, 1.54) is 12.8 Å². The van der Waals surface area contributed by atoms with Gasteiger partial charge in [0.2, 0.25) is 0 Å². The van der Waals surface area contributed by atoms with Crippen molar-refractivity contribution in [1.29, 1.82) is 0 Å². The molecule has 0 aromatic heterocycles. The SMILES string of the molecule is CC(C)CN1CCOC(COC(=O)C(C)OCC2CC2)C1. The fourth-order valence-electron chi connectivity index (χ4n) is 2.49. The average Bonchev–Trinajstić information content (AvgIpc) is 3.26. The molecule has 2 aliphatic rings. The number of rotatable bonds is 8. The lowest BCUT2D eigenvalue weighted by Crippen LogP contribution is -2.46. The summed E-state index contributed by atoms with van der Waals surface area (Å²) in [7, 11) is 0. The van der Waals surface area contributed by atoms with Gasteiger partial charge in [0.1, 0.15) is 12.7 Å². The van der Waals surface area contributed by atoms with Crippen LogP contribution < -0.4 is 0 Å². The van der Waals surface area contributed by atoms with E-state index in [2.05, 4.69) is 18.7 Å². The molecule has 2 atom stereocenters. The highest BCUT2D eigenvalue weighted by molar-refractivity contribution is 5.74. The lowest BCUT2D eigenvalue weighted by molar-refractivity contribution is -0.162. The van der Waals surface area contributed by atoms with Crippen LogP contribution in [0, 0.1) is 11.8 Å². The van der Waals surface area contributed by atoms with Gasteiger partial charge >= 0.3 is 5.97 Å². The average molecular weight is 299 g/mol. The quantitative estimate of drug-likeness (QED) is 0.639. The Bertz CT molecular complexity index is 330. The molecule has 1 saturated carbocycles. The van der Waals surface area contributed by atoms with Crippen molar-refractivity contribution in [3.05, 3.63) is 0 Å². The van der Waals surface area contributed by atoms with Crippen LogP contribution in [0.1, 0.15) is 33.6 Å². The van der Waals surface area contributed by atoms with Crippen molar-refractivity contribution < 1.29 is 19.0 Å². The summed E-state index contributed by atoms with van der Waals surface area (Å²) in [5.74, 6) is 1.02. The van der Waals surface area contributed by atoms with Crippen molar-refractivity contribution in [2.45, 2.75) is 45.8 Å². The molecular weight excluding hydrogens is 270 g/mol. The van der Waals surface area contributed by atoms with Crippen LogP contribution in [0.4, 0.5) is 0 Å². The maximum atomic E-state index is 11.9. The van der Waals surface area contributed by atoms with E-state index >= 15 is 0 Å². The number of ether oxygens (including phenoxy) is 3. The molecule has 5 heteroatoms. The highest BCUT2D eigenvalue weighted by atomic mass is 16.6. The summed E-state index contributed by atoms with van der Waals surface area (Å²) >= 11 is 0. The molecule has 5 nitrogen and oxygen atoms in total. The molecule has 21 heavy (non-hydrogen) atoms. The molecule has 1 aliphatic carbocycles. The predicted octanol–water partition coefficient (Wildman–Crippen LogP) is 1.70. The van der Waals surface area contributed by atoms with Gasteiger partial charge in [-0.3, -0.25) is 4.90 Å². The van der Waals surface area contributed by atoms with Crippen LogP contribution in [0.25, 0.3) is 0 Å². The molecule has 0 N–H and O–H groups in total. The number of esters is 1. The second-order valence-corrected chi connectivity index (χ2v) is 6.70. The number of carbonyl (C=O) groups excluding carboxylic acids is 1. The first kappa shape index (κ1) is 16.7. The van der Waals surface area contributed by atoms with E-state index in [0.717, 1.165) is 19.6 Å². The smallest absolute Gasteiger partial charge is 0.335 e. The Morgan fingerprint density at radius 3 is 2.71 bits per heavy atom. The fourth-order valence-corrected chi connectivity index (χ4v) is 2.49. The molecule has 0 radical (unpaired) electrons. The minimum absolute atomic E-state index is 0.0166. The fraction of sp³-hybridized carbons (Fsp3) is 0.938. The van der Waals surface area contributed by atoms with Crippen LogP contribution in [0.3, 0.4) is 0 Å². The highest BCUT2D eigenvalue weighted by Gasteiger charge is 2.26. The van der Waals surface area contributed by atoms with E-state index in [4.69, 9.17) is 14.2 Å². The number of hydrogen-bond acceptors (Lipinski definition) is 5. The van der Waals surface area contributed by atoms with Crippen LogP contribution in [0.2, 0.25) is 0 Å². The third-order valence-electron chi connectivity index (χ3n) is 3.87. The number of carbonyl (C=O) groups is 1. The molecule has 122 valence electrons. The summed E-state index contributed by atoms with van der Waals surface area (Å²) in [5, 5.41) is 0. The Balaban J connectivity index is 1.62. The van der Waals surface area contributed by atoms with Crippen molar-refractivity contribution in [3.63, 3.8) is 0 Å². The molecule has 0 amide bonds. The van der Waals surface area contributed by atoms with Gasteiger partial charge in [-0.2, -0.15) is 0 Å². The number of morpholine rings is 1. The molecule has 1 heterocycles. The van der Waals surface area contributed by atoms with E-state index < -0.39 is 6.10 Å². The summed E-state index contributed by atoms with van der Waals surface area (Å²) in [6.07, 6.45) is 1.96. The molecule has 0 spiro atoms. The van der Waals surface area contributed by atoms with Gasteiger partial charge in [-0.25, -0.2) is 4.79 Å². The third kappa shape index (κ3) is 6.32. The van der Waals surface area contributed by atoms with Crippen LogP contribution in [-0.4, -0.2) is 62.5 Å². The van der Waals surface area contributed by atoms with Crippen molar-refractivity contribution >= 4 is 5.97 Å². The van der Waals surface area contributed by atoms with E-state index in [1.54, 1.807) is 6.92 Å². The van der Waals surface area contributed by atoms with E-state index in [1.807, 2.05) is 0 Å². The maximum absolute atomic E-state index is 11.9. The van der Waals surface area contributed by atoms with Gasteiger partial charge in [0.05, 0.1) is 13.2 Å². The van der Waals surface area contributed by atoms with Gasteiger partial charge in [-0.05, 0) is 31.6 Å². The second-order valence-electron chi connectivity index (χ2n) is 6.70. The van der Waals surface area contributed by atoms with Gasteiger partial charge in [0.25, 0.3) is 0 Å². The monoisotopic (exact) mass is 299 g/mol. The molecule has 2 unspecified atom stereocenters. The van der Waals surface area contributed by atoms with Crippen molar-refractivity contribution in [1.82, 2.24) is 4.90 Å². The van der Waals surface area contributed by atoms with Crippen LogP contribution in [-0.2, 0) is 19.0 Å². The molecule has 0 aromatic carbocycles. The Hall–Kier alpha value is -0.650. The first-order valence-corrected chi connectivity index (χ1v) is 8.16. The van der Waals surface area contributed by atoms with Crippen molar-refractivity contribution in [3.8, 4) is 0 Å².